The van der Waals surface area contributed by atoms with E-state index in [1.807, 2.05) is 24.3 Å². The van der Waals surface area contributed by atoms with E-state index < -0.39 is 0 Å². The summed E-state index contributed by atoms with van der Waals surface area (Å²) in [5.41, 5.74) is 0.687. The van der Waals surface area contributed by atoms with Gasteiger partial charge in [0.1, 0.15) is 5.75 Å². The standard InChI is InChI=1S/C17H25N3O3/c1-13(21)18-10-14-6-5-9-20(11-14)12-17(22)19-15-7-3-4-8-16(15)23-2/h3-4,7-8,14H,5-6,9-12H2,1-2H3,(H,18,21)(H,19,22). The monoisotopic (exact) mass is 319 g/mol. The van der Waals surface area contributed by atoms with Crippen LogP contribution >= 0.6 is 0 Å². The fraction of sp³-hybridized carbons (Fsp3) is 0.529. The van der Waals surface area contributed by atoms with E-state index in [-0.39, 0.29) is 11.8 Å². The fourth-order valence-corrected chi connectivity index (χ4v) is 2.89. The average Bonchev–Trinajstić information content (AvgIpc) is 2.53. The van der Waals surface area contributed by atoms with Gasteiger partial charge in [0.05, 0.1) is 19.3 Å². The minimum absolute atomic E-state index is 0.00367. The number of hydrogen-bond donors (Lipinski definition) is 2. The molecule has 1 fully saturated rings. The van der Waals surface area contributed by atoms with E-state index >= 15 is 0 Å². The summed E-state index contributed by atoms with van der Waals surface area (Å²) in [6.07, 6.45) is 2.14. The Bertz CT molecular complexity index is 548. The third-order valence-electron chi connectivity index (χ3n) is 3.99. The van der Waals surface area contributed by atoms with Crippen LogP contribution in [0.5, 0.6) is 5.75 Å². The Morgan fingerprint density at radius 3 is 2.87 bits per heavy atom. The number of carbonyl (C=O) groups excluding carboxylic acids is 2. The molecule has 1 saturated heterocycles. The first-order valence-electron chi connectivity index (χ1n) is 7.98. The van der Waals surface area contributed by atoms with Crippen molar-refractivity contribution in [2.45, 2.75) is 19.8 Å². The van der Waals surface area contributed by atoms with Crippen LogP contribution in [0.1, 0.15) is 19.8 Å². The van der Waals surface area contributed by atoms with Gasteiger partial charge in [-0.1, -0.05) is 12.1 Å². The number of nitrogens with zero attached hydrogens (tertiary/aromatic N) is 1. The van der Waals surface area contributed by atoms with Crippen LogP contribution in [0.15, 0.2) is 24.3 Å². The molecule has 0 spiro atoms. The second-order valence-corrected chi connectivity index (χ2v) is 5.93. The number of amides is 2. The van der Waals surface area contributed by atoms with Crippen molar-refractivity contribution in [1.29, 1.82) is 0 Å². The fourth-order valence-electron chi connectivity index (χ4n) is 2.89. The summed E-state index contributed by atoms with van der Waals surface area (Å²) < 4.78 is 5.24. The zero-order valence-corrected chi connectivity index (χ0v) is 13.8. The lowest BCUT2D eigenvalue weighted by molar-refractivity contribution is -0.120. The van der Waals surface area contributed by atoms with Gasteiger partial charge in [0, 0.05) is 20.0 Å². The third kappa shape index (κ3) is 5.56. The molecular formula is C17H25N3O3. The number of hydrogen-bond acceptors (Lipinski definition) is 4. The van der Waals surface area contributed by atoms with E-state index in [0.29, 0.717) is 30.4 Å². The summed E-state index contributed by atoms with van der Waals surface area (Å²) in [5.74, 6) is 1.01. The summed E-state index contributed by atoms with van der Waals surface area (Å²) >= 11 is 0. The second-order valence-electron chi connectivity index (χ2n) is 5.93. The van der Waals surface area contributed by atoms with Crippen molar-refractivity contribution in [3.63, 3.8) is 0 Å². The molecule has 1 atom stereocenters. The van der Waals surface area contributed by atoms with Crippen molar-refractivity contribution in [2.24, 2.45) is 5.92 Å². The molecule has 6 nitrogen and oxygen atoms in total. The average molecular weight is 319 g/mol. The number of likely N-dealkylation sites (tertiary alicyclic amines) is 1. The molecule has 0 radical (unpaired) electrons. The molecule has 6 heteroatoms. The molecule has 1 aromatic rings. The van der Waals surface area contributed by atoms with Crippen LogP contribution in [0.25, 0.3) is 0 Å². The van der Waals surface area contributed by atoms with Crippen LogP contribution in [-0.4, -0.2) is 50.0 Å². The van der Waals surface area contributed by atoms with Gasteiger partial charge in [-0.05, 0) is 37.4 Å². The number of piperidine rings is 1. The van der Waals surface area contributed by atoms with Crippen molar-refractivity contribution in [3.05, 3.63) is 24.3 Å². The second kappa shape index (κ2) is 8.53. The largest absolute Gasteiger partial charge is 0.495 e. The number of methoxy groups -OCH3 is 1. The molecule has 0 aliphatic carbocycles. The molecule has 0 aromatic heterocycles. The first-order chi connectivity index (χ1) is 11.1. The van der Waals surface area contributed by atoms with Gasteiger partial charge in [0.15, 0.2) is 0 Å². The molecule has 1 aliphatic heterocycles. The number of nitrogens with one attached hydrogen (secondary N) is 2. The number of anilines is 1. The van der Waals surface area contributed by atoms with E-state index in [1.165, 1.54) is 6.92 Å². The molecule has 2 N–H and O–H groups in total. The quantitative estimate of drug-likeness (QED) is 0.833. The van der Waals surface area contributed by atoms with Gasteiger partial charge in [0.25, 0.3) is 0 Å². The number of ether oxygens (including phenoxy) is 1. The van der Waals surface area contributed by atoms with Gasteiger partial charge in [-0.15, -0.1) is 0 Å². The highest BCUT2D eigenvalue weighted by Gasteiger charge is 2.22. The lowest BCUT2D eigenvalue weighted by Crippen LogP contribution is -2.43. The number of benzene rings is 1. The number of rotatable bonds is 6. The molecule has 2 amide bonds. The topological polar surface area (TPSA) is 70.7 Å². The van der Waals surface area contributed by atoms with Crippen LogP contribution in [0.3, 0.4) is 0 Å². The van der Waals surface area contributed by atoms with Crippen molar-refractivity contribution in [1.82, 2.24) is 10.2 Å². The summed E-state index contributed by atoms with van der Waals surface area (Å²) in [6.45, 7) is 4.31. The van der Waals surface area contributed by atoms with Crippen molar-refractivity contribution >= 4 is 17.5 Å². The Kier molecular flexibility index (Phi) is 6.40. The predicted molar refractivity (Wildman–Crippen MR) is 89.5 cm³/mol. The van der Waals surface area contributed by atoms with Crippen LogP contribution in [0.2, 0.25) is 0 Å². The lowest BCUT2D eigenvalue weighted by Gasteiger charge is -2.32. The van der Waals surface area contributed by atoms with Gasteiger partial charge in [-0.25, -0.2) is 0 Å². The highest BCUT2D eigenvalue weighted by atomic mass is 16.5. The van der Waals surface area contributed by atoms with Crippen molar-refractivity contribution < 1.29 is 14.3 Å². The van der Waals surface area contributed by atoms with Crippen LogP contribution < -0.4 is 15.4 Å². The molecule has 1 aliphatic rings. The molecule has 1 heterocycles. The van der Waals surface area contributed by atoms with Gasteiger partial charge in [-0.3, -0.25) is 14.5 Å². The maximum absolute atomic E-state index is 12.2. The first-order valence-corrected chi connectivity index (χ1v) is 7.98. The Morgan fingerprint density at radius 2 is 2.13 bits per heavy atom. The van der Waals surface area contributed by atoms with Crippen LogP contribution in [-0.2, 0) is 9.59 Å². The van der Waals surface area contributed by atoms with Crippen molar-refractivity contribution in [3.8, 4) is 5.75 Å². The normalized spacial score (nSPS) is 18.3. The SMILES string of the molecule is COc1ccccc1NC(=O)CN1CCCC(CNC(C)=O)C1. The molecule has 23 heavy (non-hydrogen) atoms. The molecule has 1 unspecified atom stereocenters. The Balaban J connectivity index is 1.83. The number of carbonyl (C=O) groups is 2. The Labute approximate surface area is 137 Å². The highest BCUT2D eigenvalue weighted by Crippen LogP contribution is 2.23. The summed E-state index contributed by atoms with van der Waals surface area (Å²) in [7, 11) is 1.59. The minimum atomic E-state index is -0.0466. The Hall–Kier alpha value is -2.08. The minimum Gasteiger partial charge on any atom is -0.495 e. The molecule has 0 bridgehead atoms. The zero-order chi connectivity index (χ0) is 16.7. The highest BCUT2D eigenvalue weighted by molar-refractivity contribution is 5.93. The predicted octanol–water partition coefficient (Wildman–Crippen LogP) is 1.48. The van der Waals surface area contributed by atoms with Crippen molar-refractivity contribution in [2.75, 3.05) is 38.6 Å². The molecular weight excluding hydrogens is 294 g/mol. The van der Waals surface area contributed by atoms with E-state index in [9.17, 15) is 9.59 Å². The summed E-state index contributed by atoms with van der Waals surface area (Å²) in [6, 6.07) is 7.38. The third-order valence-corrected chi connectivity index (χ3v) is 3.99. The molecule has 126 valence electrons. The molecule has 0 saturated carbocycles. The van der Waals surface area contributed by atoms with E-state index in [0.717, 1.165) is 25.9 Å². The van der Waals surface area contributed by atoms with Gasteiger partial charge >= 0.3 is 0 Å². The lowest BCUT2D eigenvalue weighted by atomic mass is 9.98. The molecule has 2 rings (SSSR count). The summed E-state index contributed by atoms with van der Waals surface area (Å²) in [4.78, 5) is 25.4. The van der Waals surface area contributed by atoms with E-state index in [2.05, 4.69) is 15.5 Å². The van der Waals surface area contributed by atoms with Gasteiger partial charge in [0.2, 0.25) is 11.8 Å². The number of para-hydroxylation sites is 2. The van der Waals surface area contributed by atoms with E-state index in [4.69, 9.17) is 4.74 Å². The van der Waals surface area contributed by atoms with Crippen LogP contribution in [0, 0.1) is 5.92 Å². The van der Waals surface area contributed by atoms with Gasteiger partial charge < -0.3 is 15.4 Å². The first kappa shape index (κ1) is 17.3. The van der Waals surface area contributed by atoms with Crippen LogP contribution in [0.4, 0.5) is 5.69 Å². The molecule has 1 aromatic carbocycles. The van der Waals surface area contributed by atoms with E-state index in [1.54, 1.807) is 7.11 Å². The maximum Gasteiger partial charge on any atom is 0.238 e. The maximum atomic E-state index is 12.2. The zero-order valence-electron chi connectivity index (χ0n) is 13.8. The summed E-state index contributed by atoms with van der Waals surface area (Å²) in [5, 5.41) is 5.76. The Morgan fingerprint density at radius 1 is 1.35 bits per heavy atom. The van der Waals surface area contributed by atoms with Gasteiger partial charge in [-0.2, -0.15) is 0 Å². The smallest absolute Gasteiger partial charge is 0.238 e.